The van der Waals surface area contributed by atoms with Crippen molar-refractivity contribution in [3.05, 3.63) is 53.2 Å². The van der Waals surface area contributed by atoms with Crippen molar-refractivity contribution in [1.29, 1.82) is 0 Å². The monoisotopic (exact) mass is 377 g/mol. The second-order valence-electron chi connectivity index (χ2n) is 5.48. The topological polar surface area (TPSA) is 98.1 Å². The van der Waals surface area contributed by atoms with Gasteiger partial charge in [-0.1, -0.05) is 23.9 Å². The van der Waals surface area contributed by atoms with Crippen LogP contribution in [0.5, 0.6) is 0 Å². The van der Waals surface area contributed by atoms with Gasteiger partial charge < -0.3 is 19.9 Å². The van der Waals surface area contributed by atoms with Crippen LogP contribution in [-0.2, 0) is 16.6 Å². The van der Waals surface area contributed by atoms with E-state index in [-0.39, 0.29) is 11.3 Å². The zero-order valence-corrected chi connectivity index (χ0v) is 14.8. The number of methoxy groups -OCH3 is 1. The minimum absolute atomic E-state index is 0.258. The molecule has 0 fully saturated rings. The maximum Gasteiger partial charge on any atom is 0.338 e. The first-order chi connectivity index (χ1) is 12.5. The Hall–Kier alpha value is -2.88. The van der Waals surface area contributed by atoms with Crippen molar-refractivity contribution < 1.29 is 18.7 Å². The van der Waals surface area contributed by atoms with E-state index in [2.05, 4.69) is 20.8 Å². The second-order valence-corrected chi connectivity index (χ2v) is 6.42. The maximum atomic E-state index is 13.2. The van der Waals surface area contributed by atoms with Gasteiger partial charge in [-0.2, -0.15) is 0 Å². The molecule has 1 aliphatic heterocycles. The lowest BCUT2D eigenvalue weighted by Crippen LogP contribution is -2.46. The lowest BCUT2D eigenvalue weighted by Gasteiger charge is -2.29. The summed E-state index contributed by atoms with van der Waals surface area (Å²) in [7, 11) is 3.06. The molecule has 0 radical (unpaired) electrons. The van der Waals surface area contributed by atoms with Crippen molar-refractivity contribution in [1.82, 2.24) is 25.4 Å². The summed E-state index contributed by atoms with van der Waals surface area (Å²) in [5, 5.41) is 13.7. The van der Waals surface area contributed by atoms with Crippen LogP contribution in [-0.4, -0.2) is 39.6 Å². The third-order valence-electron chi connectivity index (χ3n) is 3.78. The number of hydrogen-bond acceptors (Lipinski definition) is 6. The molecule has 10 heteroatoms. The number of amides is 2. The van der Waals surface area contributed by atoms with Gasteiger partial charge in [0.05, 0.1) is 18.7 Å². The number of esters is 1. The molecule has 8 nitrogen and oxygen atoms in total. The lowest BCUT2D eigenvalue weighted by molar-refractivity contribution is -0.136. The van der Waals surface area contributed by atoms with Gasteiger partial charge in [0, 0.05) is 18.5 Å². The van der Waals surface area contributed by atoms with Gasteiger partial charge in [-0.3, -0.25) is 0 Å². The number of carbonyl (C=O) groups is 2. The minimum atomic E-state index is -0.744. The van der Waals surface area contributed by atoms with E-state index in [4.69, 9.17) is 4.74 Å². The number of halogens is 1. The van der Waals surface area contributed by atoms with E-state index in [1.54, 1.807) is 17.9 Å². The molecule has 3 rings (SSSR count). The van der Waals surface area contributed by atoms with E-state index < -0.39 is 23.9 Å². The summed E-state index contributed by atoms with van der Waals surface area (Å²) >= 11 is 1.31. The minimum Gasteiger partial charge on any atom is -0.466 e. The smallest absolute Gasteiger partial charge is 0.338 e. The fourth-order valence-corrected chi connectivity index (χ4v) is 3.38. The van der Waals surface area contributed by atoms with E-state index in [0.29, 0.717) is 16.4 Å². The van der Waals surface area contributed by atoms with Gasteiger partial charge in [0.1, 0.15) is 12.1 Å². The van der Waals surface area contributed by atoms with Gasteiger partial charge in [-0.15, -0.1) is 10.2 Å². The number of benzene rings is 1. The molecule has 0 unspecified atom stereocenters. The Kier molecular flexibility index (Phi) is 5.21. The number of aryl methyl sites for hydroxylation is 1. The Bertz CT molecular complexity index is 865. The fraction of sp³-hybridized carbons (Fsp3) is 0.250. The molecule has 1 aliphatic rings. The van der Waals surface area contributed by atoms with Gasteiger partial charge in [-0.05, 0) is 17.7 Å². The Labute approximate surface area is 152 Å². The van der Waals surface area contributed by atoms with Crippen LogP contribution in [0.3, 0.4) is 0 Å². The molecule has 0 saturated heterocycles. The third-order valence-corrected chi connectivity index (χ3v) is 4.84. The first-order valence-corrected chi connectivity index (χ1v) is 8.59. The van der Waals surface area contributed by atoms with Crippen LogP contribution in [0.15, 0.2) is 47.0 Å². The molecule has 0 saturated carbocycles. The van der Waals surface area contributed by atoms with E-state index >= 15 is 0 Å². The van der Waals surface area contributed by atoms with Crippen LogP contribution >= 0.6 is 11.8 Å². The molecule has 136 valence electrons. The molecule has 1 atom stereocenters. The maximum absolute atomic E-state index is 13.2. The number of nitrogens with zero attached hydrogens (tertiary/aromatic N) is 3. The Morgan fingerprint density at radius 3 is 2.73 bits per heavy atom. The van der Waals surface area contributed by atoms with E-state index in [0.717, 1.165) is 0 Å². The Morgan fingerprint density at radius 1 is 1.38 bits per heavy atom. The second kappa shape index (κ2) is 7.56. The quantitative estimate of drug-likeness (QED) is 0.606. The van der Waals surface area contributed by atoms with Crippen molar-refractivity contribution in [2.75, 3.05) is 12.9 Å². The molecule has 2 heterocycles. The van der Waals surface area contributed by atoms with Crippen molar-refractivity contribution in [3.63, 3.8) is 0 Å². The van der Waals surface area contributed by atoms with Gasteiger partial charge in [0.25, 0.3) is 0 Å². The largest absolute Gasteiger partial charge is 0.466 e. The molecule has 1 aromatic carbocycles. The van der Waals surface area contributed by atoms with Gasteiger partial charge in [0.2, 0.25) is 0 Å². The van der Waals surface area contributed by atoms with Crippen LogP contribution in [0, 0.1) is 5.82 Å². The zero-order valence-electron chi connectivity index (χ0n) is 14.0. The first kappa shape index (κ1) is 17.9. The zero-order chi connectivity index (χ0) is 18.7. The molecule has 1 aromatic heterocycles. The van der Waals surface area contributed by atoms with Crippen LogP contribution in [0.1, 0.15) is 11.6 Å². The van der Waals surface area contributed by atoms with Crippen LogP contribution < -0.4 is 10.6 Å². The lowest BCUT2D eigenvalue weighted by atomic mass is 9.95. The highest BCUT2D eigenvalue weighted by Gasteiger charge is 2.33. The third kappa shape index (κ3) is 3.69. The molecule has 26 heavy (non-hydrogen) atoms. The van der Waals surface area contributed by atoms with Crippen LogP contribution in [0.4, 0.5) is 9.18 Å². The summed E-state index contributed by atoms with van der Waals surface area (Å²) < 4.78 is 19.8. The van der Waals surface area contributed by atoms with Crippen LogP contribution in [0.2, 0.25) is 0 Å². The average Bonchev–Trinajstić information content (AvgIpc) is 3.04. The molecule has 2 amide bonds. The highest BCUT2D eigenvalue weighted by atomic mass is 32.2. The van der Waals surface area contributed by atoms with Gasteiger partial charge in [0.15, 0.2) is 5.16 Å². The van der Waals surface area contributed by atoms with Crippen molar-refractivity contribution in [2.24, 2.45) is 7.05 Å². The first-order valence-electron chi connectivity index (χ1n) is 7.60. The molecule has 2 N–H and O–H groups in total. The molecular formula is C16H16FN5O3S. The number of ether oxygens (including phenoxy) is 1. The van der Waals surface area contributed by atoms with E-state index in [1.807, 2.05) is 0 Å². The van der Waals surface area contributed by atoms with Crippen molar-refractivity contribution in [2.45, 2.75) is 11.2 Å². The SMILES string of the molecule is COC(=O)C1=C(CSc2nncn2C)NC(=O)N[C@@H]1c1ccc(F)cc1. The Morgan fingerprint density at radius 2 is 2.12 bits per heavy atom. The van der Waals surface area contributed by atoms with Gasteiger partial charge in [-0.25, -0.2) is 14.0 Å². The van der Waals surface area contributed by atoms with E-state index in [1.165, 1.54) is 43.1 Å². The number of carbonyl (C=O) groups excluding carboxylic acids is 2. The van der Waals surface area contributed by atoms with Gasteiger partial charge >= 0.3 is 12.0 Å². The number of urea groups is 1. The summed E-state index contributed by atoms with van der Waals surface area (Å²) in [6, 6.07) is 4.37. The summed E-state index contributed by atoms with van der Waals surface area (Å²) in [5.74, 6) is -0.710. The normalized spacial score (nSPS) is 16.9. The fourth-order valence-electron chi connectivity index (χ4n) is 2.53. The molecule has 0 aliphatic carbocycles. The number of thioether (sulfide) groups is 1. The number of hydrogen-bond donors (Lipinski definition) is 2. The summed E-state index contributed by atoms with van der Waals surface area (Å²) in [6.45, 7) is 0. The summed E-state index contributed by atoms with van der Waals surface area (Å²) in [5.41, 5.74) is 1.24. The molecular weight excluding hydrogens is 361 g/mol. The van der Waals surface area contributed by atoms with Crippen molar-refractivity contribution in [3.8, 4) is 0 Å². The predicted molar refractivity (Wildman–Crippen MR) is 91.6 cm³/mol. The predicted octanol–water partition coefficient (Wildman–Crippen LogP) is 1.53. The average molecular weight is 377 g/mol. The highest BCUT2D eigenvalue weighted by molar-refractivity contribution is 7.99. The highest BCUT2D eigenvalue weighted by Crippen LogP contribution is 2.30. The molecule has 2 aromatic rings. The summed E-state index contributed by atoms with van der Waals surface area (Å²) in [6.07, 6.45) is 1.56. The van der Waals surface area contributed by atoms with Crippen molar-refractivity contribution >= 4 is 23.8 Å². The molecule has 0 bridgehead atoms. The number of nitrogens with one attached hydrogen (secondary N) is 2. The Balaban J connectivity index is 1.97. The number of rotatable bonds is 5. The summed E-state index contributed by atoms with van der Waals surface area (Å²) in [4.78, 5) is 24.5. The molecule has 0 spiro atoms. The standard InChI is InChI=1S/C16H16FN5O3S/c1-22-8-18-21-16(22)26-7-11-12(14(23)25-2)13(20-15(24)19-11)9-3-5-10(17)6-4-9/h3-6,8,13H,7H2,1-2H3,(H2,19,20,24)/t13-/m1/s1. The van der Waals surface area contributed by atoms with E-state index in [9.17, 15) is 14.0 Å². The number of aromatic nitrogens is 3. The van der Waals surface area contributed by atoms with Crippen LogP contribution in [0.25, 0.3) is 0 Å².